The highest BCUT2D eigenvalue weighted by molar-refractivity contribution is 7.88. The van der Waals surface area contributed by atoms with Crippen LogP contribution in [0.4, 0.5) is 0 Å². The molecule has 1 atom stereocenters. The third-order valence-corrected chi connectivity index (χ3v) is 3.64. The summed E-state index contributed by atoms with van der Waals surface area (Å²) < 4.78 is 23.7. The lowest BCUT2D eigenvalue weighted by Crippen LogP contribution is -2.46. The van der Waals surface area contributed by atoms with Crippen molar-refractivity contribution in [2.24, 2.45) is 11.8 Å². The minimum Gasteiger partial charge on any atom is -0.294 e. The highest BCUT2D eigenvalue weighted by Crippen LogP contribution is 2.18. The number of nitrogens with one attached hydrogen (secondary N) is 1. The Balaban J connectivity index is 2.65. The molecule has 1 aliphatic rings. The van der Waals surface area contributed by atoms with Crippen molar-refractivity contribution < 1.29 is 13.2 Å². The molecule has 0 bridgehead atoms. The quantitative estimate of drug-likeness (QED) is 0.342. The molecule has 0 aromatic carbocycles. The molecule has 1 amide bonds. The second-order valence-corrected chi connectivity index (χ2v) is 5.45. The first-order valence-electron chi connectivity index (χ1n) is 4.40. The Labute approximate surface area is 83.5 Å². The lowest BCUT2D eigenvalue weighted by atomic mass is 9.99. The average molecular weight is 221 g/mol. The molecule has 7 heteroatoms. The molecule has 1 fully saturated rings. The maximum absolute atomic E-state index is 11.2. The van der Waals surface area contributed by atoms with Gasteiger partial charge in [-0.3, -0.25) is 10.2 Å². The molecule has 0 radical (unpaired) electrons. The molecule has 82 valence electrons. The van der Waals surface area contributed by atoms with Crippen molar-refractivity contribution in [1.82, 2.24) is 9.73 Å². The van der Waals surface area contributed by atoms with Crippen LogP contribution in [-0.2, 0) is 14.8 Å². The fourth-order valence-electron chi connectivity index (χ4n) is 1.58. The van der Waals surface area contributed by atoms with Gasteiger partial charge < -0.3 is 0 Å². The van der Waals surface area contributed by atoms with Crippen LogP contribution in [0.25, 0.3) is 0 Å². The molecule has 0 spiro atoms. The van der Waals surface area contributed by atoms with Crippen LogP contribution in [0.1, 0.15) is 12.8 Å². The zero-order chi connectivity index (χ0) is 10.8. The van der Waals surface area contributed by atoms with Gasteiger partial charge in [0.15, 0.2) is 0 Å². The predicted molar refractivity (Wildman–Crippen MR) is 51.5 cm³/mol. The zero-order valence-electron chi connectivity index (χ0n) is 8.06. The third-order valence-electron chi connectivity index (χ3n) is 2.37. The Bertz CT molecular complexity index is 314. The van der Waals surface area contributed by atoms with E-state index in [1.165, 1.54) is 4.31 Å². The molecular weight excluding hydrogens is 206 g/mol. The van der Waals surface area contributed by atoms with Gasteiger partial charge in [0.05, 0.1) is 12.2 Å². The van der Waals surface area contributed by atoms with Crippen LogP contribution in [0.2, 0.25) is 0 Å². The molecule has 1 saturated heterocycles. The van der Waals surface area contributed by atoms with Crippen molar-refractivity contribution in [3.05, 3.63) is 0 Å². The van der Waals surface area contributed by atoms with Gasteiger partial charge in [-0.25, -0.2) is 18.6 Å². The van der Waals surface area contributed by atoms with E-state index in [1.54, 1.807) is 0 Å². The predicted octanol–water partition coefficient (Wildman–Crippen LogP) is -1.35. The van der Waals surface area contributed by atoms with Gasteiger partial charge in [-0.05, 0) is 12.8 Å². The number of rotatable bonds is 2. The van der Waals surface area contributed by atoms with Crippen molar-refractivity contribution in [1.29, 1.82) is 0 Å². The first kappa shape index (κ1) is 11.4. The minimum atomic E-state index is -3.19. The van der Waals surface area contributed by atoms with E-state index in [0.717, 1.165) is 6.26 Å². The maximum Gasteiger partial charge on any atom is 0.238 e. The molecular formula is C7H15N3O3S. The number of nitrogens with two attached hydrogens (primary N) is 1. The number of carbonyl (C=O) groups is 1. The zero-order valence-corrected chi connectivity index (χ0v) is 8.88. The molecule has 6 nitrogen and oxygen atoms in total. The lowest BCUT2D eigenvalue weighted by Gasteiger charge is -2.29. The van der Waals surface area contributed by atoms with Crippen LogP contribution in [0.5, 0.6) is 0 Å². The molecule has 0 saturated carbocycles. The van der Waals surface area contributed by atoms with Crippen molar-refractivity contribution in [3.63, 3.8) is 0 Å². The van der Waals surface area contributed by atoms with E-state index < -0.39 is 10.0 Å². The first-order chi connectivity index (χ1) is 6.45. The van der Waals surface area contributed by atoms with Crippen molar-refractivity contribution in [3.8, 4) is 0 Å². The van der Waals surface area contributed by atoms with E-state index >= 15 is 0 Å². The monoisotopic (exact) mass is 221 g/mol. The van der Waals surface area contributed by atoms with Gasteiger partial charge in [-0.1, -0.05) is 0 Å². The number of hydrazine groups is 1. The fourth-order valence-corrected chi connectivity index (χ4v) is 2.49. The van der Waals surface area contributed by atoms with Gasteiger partial charge in [0.25, 0.3) is 0 Å². The molecule has 3 N–H and O–H groups in total. The van der Waals surface area contributed by atoms with Crippen molar-refractivity contribution >= 4 is 15.9 Å². The van der Waals surface area contributed by atoms with E-state index in [-0.39, 0.29) is 18.4 Å². The van der Waals surface area contributed by atoms with Gasteiger partial charge in [0, 0.05) is 13.1 Å². The summed E-state index contributed by atoms with van der Waals surface area (Å²) in [7, 11) is -3.19. The normalized spacial score (nSPS) is 24.6. The van der Waals surface area contributed by atoms with E-state index in [9.17, 15) is 13.2 Å². The fraction of sp³-hybridized carbons (Fsp3) is 0.857. The Kier molecular flexibility index (Phi) is 3.46. The molecule has 0 unspecified atom stereocenters. The molecule has 1 heterocycles. The van der Waals surface area contributed by atoms with E-state index in [2.05, 4.69) is 0 Å². The standard InChI is InChI=1S/C7H15N3O3S/c1-14(12,13)10-4-2-3-6(5-10)7(11)9-8/h6H,2-5,8H2,1H3,(H,9,11)/t6-/m1/s1. The second-order valence-electron chi connectivity index (χ2n) is 3.47. The lowest BCUT2D eigenvalue weighted by molar-refractivity contribution is -0.126. The summed E-state index contributed by atoms with van der Waals surface area (Å²) >= 11 is 0. The van der Waals surface area contributed by atoms with Crippen LogP contribution in [-0.4, -0.2) is 38.0 Å². The van der Waals surface area contributed by atoms with Crippen LogP contribution in [0.3, 0.4) is 0 Å². The molecule has 14 heavy (non-hydrogen) atoms. The molecule has 0 aromatic heterocycles. The molecule has 1 aliphatic heterocycles. The van der Waals surface area contributed by atoms with Crippen molar-refractivity contribution in [2.75, 3.05) is 19.3 Å². The molecule has 0 aromatic rings. The van der Waals surface area contributed by atoms with Crippen LogP contribution >= 0.6 is 0 Å². The Morgan fingerprint density at radius 3 is 2.71 bits per heavy atom. The Hall–Kier alpha value is -0.660. The topological polar surface area (TPSA) is 92.5 Å². The number of hydrogen-bond donors (Lipinski definition) is 2. The van der Waals surface area contributed by atoms with Gasteiger partial charge >= 0.3 is 0 Å². The number of piperidine rings is 1. The van der Waals surface area contributed by atoms with Gasteiger partial charge in [0.2, 0.25) is 15.9 Å². The smallest absolute Gasteiger partial charge is 0.238 e. The highest BCUT2D eigenvalue weighted by Gasteiger charge is 2.29. The summed E-state index contributed by atoms with van der Waals surface area (Å²) in [6, 6.07) is 0. The SMILES string of the molecule is CS(=O)(=O)N1CCC[C@@H](C(=O)NN)C1. The number of nitrogens with zero attached hydrogens (tertiary/aromatic N) is 1. The summed E-state index contributed by atoms with van der Waals surface area (Å²) in [4.78, 5) is 11.2. The second kappa shape index (κ2) is 4.24. The van der Waals surface area contributed by atoms with Crippen LogP contribution < -0.4 is 11.3 Å². The summed E-state index contributed by atoms with van der Waals surface area (Å²) in [6.07, 6.45) is 2.54. The summed E-state index contributed by atoms with van der Waals surface area (Å²) in [5.74, 6) is 4.38. The van der Waals surface area contributed by atoms with E-state index in [0.29, 0.717) is 19.4 Å². The van der Waals surface area contributed by atoms with E-state index in [1.807, 2.05) is 5.43 Å². The number of hydrogen-bond acceptors (Lipinski definition) is 4. The Morgan fingerprint density at radius 2 is 2.21 bits per heavy atom. The van der Waals surface area contributed by atoms with Gasteiger partial charge in [-0.2, -0.15) is 0 Å². The number of carbonyl (C=O) groups excluding carboxylic acids is 1. The van der Waals surface area contributed by atoms with Gasteiger partial charge in [0.1, 0.15) is 0 Å². The maximum atomic E-state index is 11.2. The number of sulfonamides is 1. The summed E-state index contributed by atoms with van der Waals surface area (Å²) in [5, 5.41) is 0. The average Bonchev–Trinajstić information content (AvgIpc) is 2.15. The van der Waals surface area contributed by atoms with Crippen LogP contribution in [0, 0.1) is 5.92 Å². The van der Waals surface area contributed by atoms with Crippen molar-refractivity contribution in [2.45, 2.75) is 12.8 Å². The molecule has 1 rings (SSSR count). The summed E-state index contributed by atoms with van der Waals surface area (Å²) in [6.45, 7) is 0.731. The minimum absolute atomic E-state index is 0.238. The highest BCUT2D eigenvalue weighted by atomic mass is 32.2. The number of amides is 1. The first-order valence-corrected chi connectivity index (χ1v) is 6.25. The molecule has 0 aliphatic carbocycles. The van der Waals surface area contributed by atoms with Gasteiger partial charge in [-0.15, -0.1) is 0 Å². The van der Waals surface area contributed by atoms with Crippen LogP contribution in [0.15, 0.2) is 0 Å². The summed E-state index contributed by atoms with van der Waals surface area (Å²) in [5.41, 5.74) is 2.05. The Morgan fingerprint density at radius 1 is 1.57 bits per heavy atom. The largest absolute Gasteiger partial charge is 0.294 e. The third kappa shape index (κ3) is 2.66. The van der Waals surface area contributed by atoms with E-state index in [4.69, 9.17) is 5.84 Å².